The average Bonchev–Trinajstić information content (AvgIpc) is 2.40. The second kappa shape index (κ2) is 5.90. The first-order valence-electron chi connectivity index (χ1n) is 5.83. The van der Waals surface area contributed by atoms with E-state index in [9.17, 15) is 10.1 Å². The third kappa shape index (κ3) is 3.07. The van der Waals surface area contributed by atoms with Gasteiger partial charge in [-0.3, -0.25) is 10.1 Å². The molecule has 0 atom stereocenters. The number of halogens is 1. The highest BCUT2D eigenvalue weighted by Gasteiger charge is 2.16. The molecule has 20 heavy (non-hydrogen) atoms. The molecule has 5 nitrogen and oxygen atoms in total. The molecular formula is C14H12ClNO4. The first-order chi connectivity index (χ1) is 9.51. The molecule has 0 aliphatic carbocycles. The summed E-state index contributed by atoms with van der Waals surface area (Å²) in [6, 6.07) is 9.37. The average molecular weight is 294 g/mol. The van der Waals surface area contributed by atoms with E-state index in [0.29, 0.717) is 11.3 Å². The topological polar surface area (TPSA) is 72.6 Å². The predicted octanol–water partition coefficient (Wildman–Crippen LogP) is 3.84. The molecular weight excluding hydrogens is 282 g/mol. The van der Waals surface area contributed by atoms with Crippen LogP contribution in [0.2, 0.25) is 5.02 Å². The lowest BCUT2D eigenvalue weighted by atomic mass is 10.2. The molecule has 0 unspecified atom stereocenters. The number of hydrogen-bond acceptors (Lipinski definition) is 4. The van der Waals surface area contributed by atoms with Crippen LogP contribution >= 0.6 is 11.6 Å². The first-order valence-corrected chi connectivity index (χ1v) is 6.21. The molecule has 0 aliphatic heterocycles. The Morgan fingerprint density at radius 1 is 1.25 bits per heavy atom. The number of hydrogen-bond donors (Lipinski definition) is 1. The zero-order valence-electron chi connectivity index (χ0n) is 10.7. The summed E-state index contributed by atoms with van der Waals surface area (Å²) in [5.74, 6) is 0.436. The Hall–Kier alpha value is -2.11. The fourth-order valence-corrected chi connectivity index (χ4v) is 1.94. The van der Waals surface area contributed by atoms with Crippen LogP contribution in [0.15, 0.2) is 36.4 Å². The van der Waals surface area contributed by atoms with E-state index in [0.717, 1.165) is 5.56 Å². The number of aryl methyl sites for hydroxylation is 1. The highest BCUT2D eigenvalue weighted by molar-refractivity contribution is 6.32. The Kier molecular flexibility index (Phi) is 4.22. The van der Waals surface area contributed by atoms with Crippen molar-refractivity contribution in [2.45, 2.75) is 13.5 Å². The highest BCUT2D eigenvalue weighted by atomic mass is 35.5. The first kappa shape index (κ1) is 14.3. The predicted molar refractivity (Wildman–Crippen MR) is 75.3 cm³/mol. The lowest BCUT2D eigenvalue weighted by Crippen LogP contribution is -1.95. The van der Waals surface area contributed by atoms with Crippen molar-refractivity contribution in [1.29, 1.82) is 0 Å². The van der Waals surface area contributed by atoms with Crippen LogP contribution < -0.4 is 4.74 Å². The maximum absolute atomic E-state index is 11.0. The molecule has 0 aromatic heterocycles. The molecule has 2 rings (SSSR count). The van der Waals surface area contributed by atoms with Crippen molar-refractivity contribution in [2.24, 2.45) is 0 Å². The Morgan fingerprint density at radius 2 is 2.00 bits per heavy atom. The molecule has 0 spiro atoms. The van der Waals surface area contributed by atoms with Crippen molar-refractivity contribution in [3.05, 3.63) is 62.7 Å². The Balaban J connectivity index is 2.39. The SMILES string of the molecule is Cc1ccc([N+](=O)[O-])c(Oc2ccc(CO)cc2Cl)c1. The summed E-state index contributed by atoms with van der Waals surface area (Å²) in [4.78, 5) is 10.5. The van der Waals surface area contributed by atoms with Crippen molar-refractivity contribution in [3.8, 4) is 11.5 Å². The van der Waals surface area contributed by atoms with Gasteiger partial charge in [-0.05, 0) is 36.2 Å². The largest absolute Gasteiger partial charge is 0.449 e. The molecule has 6 heteroatoms. The molecule has 0 saturated heterocycles. The molecule has 0 fully saturated rings. The fraction of sp³-hybridized carbons (Fsp3) is 0.143. The van der Waals surface area contributed by atoms with Crippen LogP contribution in [0.5, 0.6) is 11.5 Å². The molecule has 0 saturated carbocycles. The smallest absolute Gasteiger partial charge is 0.311 e. The van der Waals surface area contributed by atoms with Crippen molar-refractivity contribution in [3.63, 3.8) is 0 Å². The Bertz CT molecular complexity index is 658. The van der Waals surface area contributed by atoms with E-state index in [4.69, 9.17) is 21.4 Å². The van der Waals surface area contributed by atoms with Gasteiger partial charge in [0.25, 0.3) is 0 Å². The van der Waals surface area contributed by atoms with Gasteiger partial charge in [0.15, 0.2) is 0 Å². The van der Waals surface area contributed by atoms with Crippen LogP contribution in [0, 0.1) is 17.0 Å². The van der Waals surface area contributed by atoms with Crippen molar-refractivity contribution < 1.29 is 14.8 Å². The zero-order chi connectivity index (χ0) is 14.7. The van der Waals surface area contributed by atoms with Gasteiger partial charge < -0.3 is 9.84 Å². The minimum Gasteiger partial charge on any atom is -0.449 e. The molecule has 1 N–H and O–H groups in total. The van der Waals surface area contributed by atoms with Gasteiger partial charge in [-0.2, -0.15) is 0 Å². The molecule has 0 heterocycles. The van der Waals surface area contributed by atoms with Gasteiger partial charge in [0.1, 0.15) is 5.75 Å². The van der Waals surface area contributed by atoms with Crippen molar-refractivity contribution >= 4 is 17.3 Å². The highest BCUT2D eigenvalue weighted by Crippen LogP contribution is 2.35. The van der Waals surface area contributed by atoms with E-state index in [-0.39, 0.29) is 23.1 Å². The third-order valence-corrected chi connectivity index (χ3v) is 3.01. The summed E-state index contributed by atoms with van der Waals surface area (Å²) < 4.78 is 5.53. The van der Waals surface area contributed by atoms with Crippen molar-refractivity contribution in [1.82, 2.24) is 0 Å². The lowest BCUT2D eigenvalue weighted by molar-refractivity contribution is -0.385. The Labute approximate surface area is 120 Å². The molecule has 0 radical (unpaired) electrons. The molecule has 0 aliphatic rings. The van der Waals surface area contributed by atoms with Gasteiger partial charge in [-0.25, -0.2) is 0 Å². The van der Waals surface area contributed by atoms with Gasteiger partial charge in [0, 0.05) is 6.07 Å². The van der Waals surface area contributed by atoms with Crippen LogP contribution in [0.3, 0.4) is 0 Å². The van der Waals surface area contributed by atoms with Crippen LogP contribution in [0.4, 0.5) is 5.69 Å². The lowest BCUT2D eigenvalue weighted by Gasteiger charge is -2.09. The van der Waals surface area contributed by atoms with E-state index in [2.05, 4.69) is 0 Å². The van der Waals surface area contributed by atoms with Gasteiger partial charge in [-0.1, -0.05) is 23.7 Å². The van der Waals surface area contributed by atoms with E-state index in [1.54, 1.807) is 30.3 Å². The van der Waals surface area contributed by atoms with Crippen LogP contribution in [0.1, 0.15) is 11.1 Å². The summed E-state index contributed by atoms with van der Waals surface area (Å²) >= 11 is 6.02. The summed E-state index contributed by atoms with van der Waals surface area (Å²) in [6.07, 6.45) is 0. The zero-order valence-corrected chi connectivity index (χ0v) is 11.4. The minimum atomic E-state index is -0.509. The van der Waals surface area contributed by atoms with E-state index in [1.165, 1.54) is 6.07 Å². The van der Waals surface area contributed by atoms with Crippen molar-refractivity contribution in [2.75, 3.05) is 0 Å². The number of nitro benzene ring substituents is 1. The van der Waals surface area contributed by atoms with Gasteiger partial charge in [0.2, 0.25) is 5.75 Å². The minimum absolute atomic E-state index is 0.127. The van der Waals surface area contributed by atoms with E-state index < -0.39 is 4.92 Å². The Morgan fingerprint density at radius 3 is 2.60 bits per heavy atom. The number of rotatable bonds is 4. The summed E-state index contributed by atoms with van der Waals surface area (Å²) in [5, 5.41) is 20.3. The quantitative estimate of drug-likeness (QED) is 0.686. The number of ether oxygens (including phenoxy) is 1. The summed E-state index contributed by atoms with van der Waals surface area (Å²) in [5.41, 5.74) is 1.35. The maximum atomic E-state index is 11.0. The maximum Gasteiger partial charge on any atom is 0.311 e. The van der Waals surface area contributed by atoms with E-state index in [1.807, 2.05) is 6.92 Å². The molecule has 2 aromatic carbocycles. The summed E-state index contributed by atoms with van der Waals surface area (Å²) in [6.45, 7) is 1.68. The molecule has 0 amide bonds. The second-order valence-electron chi connectivity index (χ2n) is 4.25. The normalized spacial score (nSPS) is 10.3. The third-order valence-electron chi connectivity index (χ3n) is 2.71. The molecule has 0 bridgehead atoms. The van der Waals surface area contributed by atoms with Crippen LogP contribution in [-0.4, -0.2) is 10.0 Å². The fourth-order valence-electron chi connectivity index (χ4n) is 1.70. The molecule has 2 aromatic rings. The number of nitrogens with zero attached hydrogens (tertiary/aromatic N) is 1. The van der Waals surface area contributed by atoms with E-state index >= 15 is 0 Å². The van der Waals surface area contributed by atoms with Crippen LogP contribution in [0.25, 0.3) is 0 Å². The van der Waals surface area contributed by atoms with Crippen LogP contribution in [-0.2, 0) is 6.61 Å². The second-order valence-corrected chi connectivity index (χ2v) is 4.66. The summed E-state index contributed by atoms with van der Waals surface area (Å²) in [7, 11) is 0. The number of aliphatic hydroxyl groups is 1. The van der Waals surface area contributed by atoms with Gasteiger partial charge in [-0.15, -0.1) is 0 Å². The number of nitro groups is 1. The van der Waals surface area contributed by atoms with Gasteiger partial charge >= 0.3 is 5.69 Å². The number of benzene rings is 2. The number of aliphatic hydroxyl groups excluding tert-OH is 1. The molecule has 104 valence electrons. The van der Waals surface area contributed by atoms with Gasteiger partial charge in [0.05, 0.1) is 16.6 Å². The standard InChI is InChI=1S/C14H12ClNO4/c1-9-2-4-12(16(18)19)14(6-9)20-13-5-3-10(8-17)7-11(13)15/h2-7,17H,8H2,1H3. The monoisotopic (exact) mass is 293 g/mol.